The lowest BCUT2D eigenvalue weighted by atomic mass is 10.0. The Morgan fingerprint density at radius 1 is 0.848 bits per heavy atom. The Morgan fingerprint density at radius 2 is 1.52 bits per heavy atom. The zero-order valence-corrected chi connectivity index (χ0v) is 27.7. The van der Waals surface area contributed by atoms with Crippen LogP contribution in [0.4, 0.5) is 5.69 Å². The number of anilines is 1. The Balaban J connectivity index is 1.87. The third kappa shape index (κ3) is 8.06. The molecule has 4 aromatic carbocycles. The van der Waals surface area contributed by atoms with Gasteiger partial charge in [-0.15, -0.1) is 0 Å². The molecule has 0 unspecified atom stereocenters. The normalized spacial score (nSPS) is 11.8. The Labute approximate surface area is 271 Å². The van der Waals surface area contributed by atoms with Gasteiger partial charge in [0.2, 0.25) is 11.8 Å². The van der Waals surface area contributed by atoms with E-state index in [4.69, 9.17) is 9.47 Å². The third-order valence-corrected chi connectivity index (χ3v) is 9.54. The van der Waals surface area contributed by atoms with Crippen LogP contribution in [0.3, 0.4) is 0 Å². The summed E-state index contributed by atoms with van der Waals surface area (Å²) in [6.07, 6.45) is 0.234. The van der Waals surface area contributed by atoms with Crippen LogP contribution in [0.25, 0.3) is 0 Å². The number of amides is 2. The van der Waals surface area contributed by atoms with Crippen LogP contribution < -0.4 is 19.1 Å². The standard InChI is InChI=1S/C36H41N3O6S/c1-6-37-36(41)33(22-28-13-8-7-9-14-28)38(24-29-15-11-10-12-27(29)3)35(40)25-39(32-23-30(44-4)18-21-34(32)45-5)46(42,43)31-19-16-26(2)17-20-31/h7-21,23,33H,6,22,24-25H2,1-5H3,(H,37,41)/t33-/m0/s1. The lowest BCUT2D eigenvalue weighted by molar-refractivity contribution is -0.140. The van der Waals surface area contributed by atoms with E-state index in [-0.39, 0.29) is 35.2 Å². The Kier molecular flexibility index (Phi) is 11.4. The minimum Gasteiger partial charge on any atom is -0.497 e. The molecule has 0 spiro atoms. The number of rotatable bonds is 14. The molecule has 0 radical (unpaired) electrons. The van der Waals surface area contributed by atoms with Crippen LogP contribution in [0, 0.1) is 13.8 Å². The summed E-state index contributed by atoms with van der Waals surface area (Å²) in [6.45, 7) is 5.47. The summed E-state index contributed by atoms with van der Waals surface area (Å²) in [5, 5.41) is 2.88. The molecule has 0 aliphatic carbocycles. The van der Waals surface area contributed by atoms with Crippen molar-refractivity contribution >= 4 is 27.5 Å². The van der Waals surface area contributed by atoms with Crippen molar-refractivity contribution in [3.8, 4) is 11.5 Å². The summed E-state index contributed by atoms with van der Waals surface area (Å²) >= 11 is 0. The number of ether oxygens (including phenoxy) is 2. The highest BCUT2D eigenvalue weighted by Crippen LogP contribution is 2.36. The van der Waals surface area contributed by atoms with Gasteiger partial charge in [0.25, 0.3) is 10.0 Å². The molecule has 9 nitrogen and oxygen atoms in total. The first kappa shape index (κ1) is 34.1. The lowest BCUT2D eigenvalue weighted by Crippen LogP contribution is -2.53. The number of benzene rings is 4. The minimum absolute atomic E-state index is 0.00536. The zero-order chi connectivity index (χ0) is 33.3. The molecule has 0 aliphatic heterocycles. The number of sulfonamides is 1. The van der Waals surface area contributed by atoms with Crippen LogP contribution in [0.1, 0.15) is 29.2 Å². The summed E-state index contributed by atoms with van der Waals surface area (Å²) in [6, 6.07) is 27.3. The maximum absolute atomic E-state index is 14.6. The van der Waals surface area contributed by atoms with E-state index < -0.39 is 28.5 Å². The van der Waals surface area contributed by atoms with Crippen LogP contribution in [0.2, 0.25) is 0 Å². The first-order valence-electron chi connectivity index (χ1n) is 15.1. The van der Waals surface area contributed by atoms with Crippen LogP contribution >= 0.6 is 0 Å². The highest BCUT2D eigenvalue weighted by molar-refractivity contribution is 7.92. The zero-order valence-electron chi connectivity index (χ0n) is 26.9. The summed E-state index contributed by atoms with van der Waals surface area (Å²) in [7, 11) is -1.40. The molecule has 0 saturated carbocycles. The second-order valence-electron chi connectivity index (χ2n) is 10.9. The molecule has 1 atom stereocenters. The van der Waals surface area contributed by atoms with Crippen molar-refractivity contribution in [1.82, 2.24) is 10.2 Å². The largest absolute Gasteiger partial charge is 0.497 e. The van der Waals surface area contributed by atoms with Crippen molar-refractivity contribution < 1.29 is 27.5 Å². The summed E-state index contributed by atoms with van der Waals surface area (Å²) < 4.78 is 40.7. The molecule has 0 aromatic heterocycles. The molecule has 1 N–H and O–H groups in total. The van der Waals surface area contributed by atoms with Crippen molar-refractivity contribution in [1.29, 1.82) is 0 Å². The Hall–Kier alpha value is -4.83. The second kappa shape index (κ2) is 15.4. The smallest absolute Gasteiger partial charge is 0.264 e. The van der Waals surface area contributed by atoms with Gasteiger partial charge in [-0.25, -0.2) is 8.42 Å². The highest BCUT2D eigenvalue weighted by Gasteiger charge is 2.35. The van der Waals surface area contributed by atoms with Crippen molar-refractivity contribution in [3.05, 3.63) is 119 Å². The number of hydrogen-bond donors (Lipinski definition) is 1. The summed E-state index contributed by atoms with van der Waals surface area (Å²) in [5.41, 5.74) is 3.65. The lowest BCUT2D eigenvalue weighted by Gasteiger charge is -2.34. The Bertz CT molecular complexity index is 1740. The fourth-order valence-corrected chi connectivity index (χ4v) is 6.58. The second-order valence-corrected chi connectivity index (χ2v) is 12.8. The van der Waals surface area contributed by atoms with Gasteiger partial charge in [-0.1, -0.05) is 72.3 Å². The average Bonchev–Trinajstić information content (AvgIpc) is 3.06. The molecule has 46 heavy (non-hydrogen) atoms. The predicted molar refractivity (Wildman–Crippen MR) is 180 cm³/mol. The van der Waals surface area contributed by atoms with Crippen molar-refractivity contribution in [2.24, 2.45) is 0 Å². The first-order chi connectivity index (χ1) is 22.1. The van der Waals surface area contributed by atoms with Crippen molar-refractivity contribution in [3.63, 3.8) is 0 Å². The van der Waals surface area contributed by atoms with Crippen LogP contribution in [0.5, 0.6) is 11.5 Å². The number of hydrogen-bond acceptors (Lipinski definition) is 6. The monoisotopic (exact) mass is 643 g/mol. The van der Waals surface area contributed by atoms with Gasteiger partial charge in [-0.3, -0.25) is 13.9 Å². The van der Waals surface area contributed by atoms with E-state index in [2.05, 4.69) is 5.32 Å². The van der Waals surface area contributed by atoms with Gasteiger partial charge in [0.05, 0.1) is 24.8 Å². The third-order valence-electron chi connectivity index (χ3n) is 7.77. The molecule has 4 aromatic rings. The van der Waals surface area contributed by atoms with Gasteiger partial charge in [0, 0.05) is 25.6 Å². The molecule has 2 amide bonds. The number of carbonyl (C=O) groups excluding carboxylic acids is 2. The molecular weight excluding hydrogens is 602 g/mol. The van der Waals surface area contributed by atoms with Gasteiger partial charge in [-0.2, -0.15) is 0 Å². The number of aryl methyl sites for hydroxylation is 2. The quantitative estimate of drug-likeness (QED) is 0.200. The molecule has 0 saturated heterocycles. The highest BCUT2D eigenvalue weighted by atomic mass is 32.2. The van der Waals surface area contributed by atoms with E-state index in [1.807, 2.05) is 75.4 Å². The summed E-state index contributed by atoms with van der Waals surface area (Å²) in [5.74, 6) is -0.274. The first-order valence-corrected chi connectivity index (χ1v) is 16.5. The fourth-order valence-electron chi connectivity index (χ4n) is 5.16. The molecule has 0 fully saturated rings. The predicted octanol–water partition coefficient (Wildman–Crippen LogP) is 5.29. The maximum Gasteiger partial charge on any atom is 0.264 e. The van der Waals surface area contributed by atoms with Crippen molar-refractivity contribution in [2.45, 2.75) is 44.7 Å². The molecule has 242 valence electrons. The van der Waals surface area contributed by atoms with Gasteiger partial charge >= 0.3 is 0 Å². The molecule has 0 heterocycles. The number of nitrogens with zero attached hydrogens (tertiary/aromatic N) is 2. The van der Waals surface area contributed by atoms with Crippen LogP contribution in [-0.4, -0.2) is 58.5 Å². The van der Waals surface area contributed by atoms with E-state index in [0.29, 0.717) is 12.3 Å². The van der Waals surface area contributed by atoms with Crippen LogP contribution in [0.15, 0.2) is 102 Å². The maximum atomic E-state index is 14.6. The molecule has 10 heteroatoms. The Morgan fingerprint density at radius 3 is 2.15 bits per heavy atom. The van der Waals surface area contributed by atoms with E-state index >= 15 is 0 Å². The topological polar surface area (TPSA) is 105 Å². The number of methoxy groups -OCH3 is 2. The fraction of sp³-hybridized carbons (Fsp3) is 0.278. The molecule has 0 aliphatic rings. The number of nitrogens with one attached hydrogen (secondary N) is 1. The van der Waals surface area contributed by atoms with Gasteiger partial charge in [0.1, 0.15) is 24.1 Å². The van der Waals surface area contributed by atoms with Gasteiger partial charge in [0.15, 0.2) is 0 Å². The van der Waals surface area contributed by atoms with Crippen LogP contribution in [-0.2, 0) is 32.6 Å². The van der Waals surface area contributed by atoms with Gasteiger partial charge < -0.3 is 19.7 Å². The minimum atomic E-state index is -4.30. The average molecular weight is 644 g/mol. The number of likely N-dealkylation sites (N-methyl/N-ethyl adjacent to an activating group) is 1. The van der Waals surface area contributed by atoms with E-state index in [9.17, 15) is 18.0 Å². The number of carbonyl (C=O) groups is 2. The van der Waals surface area contributed by atoms with Crippen molar-refractivity contribution in [2.75, 3.05) is 31.6 Å². The molecule has 0 bridgehead atoms. The van der Waals surface area contributed by atoms with Gasteiger partial charge in [-0.05, 0) is 61.7 Å². The van der Waals surface area contributed by atoms with E-state index in [1.54, 1.807) is 24.3 Å². The van der Waals surface area contributed by atoms with E-state index in [0.717, 1.165) is 26.6 Å². The molecular formula is C36H41N3O6S. The van der Waals surface area contributed by atoms with E-state index in [1.165, 1.54) is 37.3 Å². The SMILES string of the molecule is CCNC(=O)[C@H](Cc1ccccc1)N(Cc1ccccc1C)C(=O)CN(c1cc(OC)ccc1OC)S(=O)(=O)c1ccc(C)cc1. The molecule has 4 rings (SSSR count). The summed E-state index contributed by atoms with van der Waals surface area (Å²) in [4.78, 5) is 29.8.